The Hall–Kier alpha value is -5.22. The molecule has 3 atom stereocenters. The van der Waals surface area contributed by atoms with E-state index in [-0.39, 0.29) is 30.1 Å². The summed E-state index contributed by atoms with van der Waals surface area (Å²) < 4.78 is 5.65. The average Bonchev–Trinajstić information content (AvgIpc) is 4.00. The third-order valence-corrected chi connectivity index (χ3v) is 10.5. The first-order chi connectivity index (χ1) is 25.6. The average molecular weight is 714 g/mol. The minimum Gasteiger partial charge on any atom is -0.444 e. The Bertz CT molecular complexity index is 1990. The Balaban J connectivity index is 1.02. The van der Waals surface area contributed by atoms with Crippen LogP contribution in [0.4, 0.5) is 4.79 Å². The molecule has 2 N–H and O–H groups in total. The highest BCUT2D eigenvalue weighted by Gasteiger charge is 2.38. The molecular formula is C43H51N7O3. The molecule has 0 saturated carbocycles. The zero-order chi connectivity index (χ0) is 37.1. The molecule has 2 fully saturated rings. The van der Waals surface area contributed by atoms with Gasteiger partial charge in [0, 0.05) is 13.1 Å². The van der Waals surface area contributed by atoms with Crippen LogP contribution in [0.15, 0.2) is 91.3 Å². The van der Waals surface area contributed by atoms with Crippen LogP contribution >= 0.6 is 0 Å². The van der Waals surface area contributed by atoms with E-state index in [1.54, 1.807) is 4.90 Å². The van der Waals surface area contributed by atoms with Gasteiger partial charge in [0.1, 0.15) is 23.3 Å². The first kappa shape index (κ1) is 36.2. The Morgan fingerprint density at radius 2 is 1.21 bits per heavy atom. The highest BCUT2D eigenvalue weighted by atomic mass is 16.6. The van der Waals surface area contributed by atoms with Crippen LogP contribution in [0.1, 0.15) is 95.6 Å². The van der Waals surface area contributed by atoms with Gasteiger partial charge in [-0.1, -0.05) is 92.7 Å². The summed E-state index contributed by atoms with van der Waals surface area (Å²) in [7, 11) is 0. The number of carbonyl (C=O) groups is 2. The first-order valence-electron chi connectivity index (χ1n) is 19.0. The number of nitrogens with zero attached hydrogens (tertiary/aromatic N) is 5. The lowest BCUT2D eigenvalue weighted by Gasteiger charge is -2.34. The molecule has 2 saturated heterocycles. The fourth-order valence-electron chi connectivity index (χ4n) is 7.79. The molecule has 3 aromatic carbocycles. The predicted octanol–water partition coefficient (Wildman–Crippen LogP) is 8.95. The van der Waals surface area contributed by atoms with Crippen molar-refractivity contribution >= 4 is 12.0 Å². The number of amides is 2. The van der Waals surface area contributed by atoms with Crippen LogP contribution in [0.2, 0.25) is 0 Å². The molecule has 4 heterocycles. The number of imidazole rings is 2. The van der Waals surface area contributed by atoms with Crippen molar-refractivity contribution < 1.29 is 14.3 Å². The van der Waals surface area contributed by atoms with E-state index in [0.717, 1.165) is 96.2 Å². The highest BCUT2D eigenvalue weighted by molar-refractivity contribution is 5.84. The lowest BCUT2D eigenvalue weighted by Crippen LogP contribution is -2.43. The molecule has 0 unspecified atom stereocenters. The second kappa shape index (κ2) is 15.4. The monoisotopic (exact) mass is 713 g/mol. The molecule has 5 aromatic rings. The standard InChI is InChI=1S/C43H51N7O3/c1-6-48(7-2)38(33-13-9-8-10-14-33)41(51)49-25-11-15-36(49)39-44-27-34(46-39)31-21-17-29(18-22-31)30-19-23-32(24-20-30)35-28-45-40(47-35)37-16-12-26-50(37)42(52)53-43(3,4)5/h8-10,13-14,17-24,27-28,36-38H,6-7,11-12,15-16,25-26H2,1-5H3,(H,44,46)(H,45,47)/t36-,37-,38+/m0/s1. The number of H-pyrrole nitrogens is 2. The van der Waals surface area contributed by atoms with E-state index >= 15 is 0 Å². The van der Waals surface area contributed by atoms with Crippen LogP contribution in [0.3, 0.4) is 0 Å². The molecule has 53 heavy (non-hydrogen) atoms. The third-order valence-electron chi connectivity index (χ3n) is 10.5. The Morgan fingerprint density at radius 3 is 1.70 bits per heavy atom. The molecule has 2 aliphatic rings. The van der Waals surface area contributed by atoms with Crippen molar-refractivity contribution in [2.24, 2.45) is 0 Å². The van der Waals surface area contributed by atoms with Gasteiger partial charge in [0.15, 0.2) is 0 Å². The van der Waals surface area contributed by atoms with Gasteiger partial charge in [0.05, 0.1) is 35.9 Å². The van der Waals surface area contributed by atoms with Crippen molar-refractivity contribution in [3.63, 3.8) is 0 Å². The number of nitrogens with one attached hydrogen (secondary N) is 2. The van der Waals surface area contributed by atoms with Gasteiger partial charge in [0.2, 0.25) is 5.91 Å². The maximum absolute atomic E-state index is 14.2. The zero-order valence-corrected chi connectivity index (χ0v) is 31.5. The summed E-state index contributed by atoms with van der Waals surface area (Å²) in [4.78, 5) is 49.6. The largest absolute Gasteiger partial charge is 0.444 e. The van der Waals surface area contributed by atoms with Crippen molar-refractivity contribution in [2.45, 2.75) is 84.0 Å². The Kier molecular flexibility index (Phi) is 10.5. The normalized spacial score (nSPS) is 18.2. The van der Waals surface area contributed by atoms with E-state index in [1.165, 1.54) is 0 Å². The number of likely N-dealkylation sites (N-methyl/N-ethyl adjacent to an activating group) is 1. The molecular weight excluding hydrogens is 663 g/mol. The van der Waals surface area contributed by atoms with E-state index in [1.807, 2.05) is 56.3 Å². The number of likely N-dealkylation sites (tertiary alicyclic amines) is 2. The molecule has 276 valence electrons. The second-order valence-electron chi connectivity index (χ2n) is 15.1. The van der Waals surface area contributed by atoms with Crippen molar-refractivity contribution in [3.8, 4) is 33.6 Å². The van der Waals surface area contributed by atoms with Gasteiger partial charge in [-0.15, -0.1) is 0 Å². The molecule has 0 bridgehead atoms. The van der Waals surface area contributed by atoms with Crippen LogP contribution in [0.5, 0.6) is 0 Å². The van der Waals surface area contributed by atoms with E-state index in [0.29, 0.717) is 6.54 Å². The maximum atomic E-state index is 14.2. The summed E-state index contributed by atoms with van der Waals surface area (Å²) in [5, 5.41) is 0. The van der Waals surface area contributed by atoms with E-state index < -0.39 is 5.60 Å². The van der Waals surface area contributed by atoms with Gasteiger partial charge in [-0.3, -0.25) is 14.6 Å². The van der Waals surface area contributed by atoms with Gasteiger partial charge in [0.25, 0.3) is 0 Å². The summed E-state index contributed by atoms with van der Waals surface area (Å²) in [6, 6.07) is 26.5. The molecule has 0 spiro atoms. The fourth-order valence-corrected chi connectivity index (χ4v) is 7.79. The maximum Gasteiger partial charge on any atom is 0.410 e. The molecule has 2 aliphatic heterocycles. The second-order valence-corrected chi connectivity index (χ2v) is 15.1. The first-order valence-corrected chi connectivity index (χ1v) is 19.0. The number of hydrogen-bond acceptors (Lipinski definition) is 6. The number of benzene rings is 3. The zero-order valence-electron chi connectivity index (χ0n) is 31.5. The van der Waals surface area contributed by atoms with Crippen LogP contribution in [-0.2, 0) is 9.53 Å². The van der Waals surface area contributed by atoms with Gasteiger partial charge in [-0.25, -0.2) is 14.8 Å². The summed E-state index contributed by atoms with van der Waals surface area (Å²) >= 11 is 0. The summed E-state index contributed by atoms with van der Waals surface area (Å²) in [5.74, 6) is 1.76. The minimum absolute atomic E-state index is 0.0798. The smallest absolute Gasteiger partial charge is 0.410 e. The number of carbonyl (C=O) groups excluding carboxylic acids is 2. The van der Waals surface area contributed by atoms with Crippen molar-refractivity contribution in [2.75, 3.05) is 26.2 Å². The lowest BCUT2D eigenvalue weighted by atomic mass is 10.0. The summed E-state index contributed by atoms with van der Waals surface area (Å²) in [5.41, 5.74) is 6.64. The van der Waals surface area contributed by atoms with E-state index in [9.17, 15) is 9.59 Å². The van der Waals surface area contributed by atoms with Gasteiger partial charge < -0.3 is 19.6 Å². The van der Waals surface area contributed by atoms with Crippen LogP contribution in [0.25, 0.3) is 33.6 Å². The van der Waals surface area contributed by atoms with Crippen LogP contribution in [-0.4, -0.2) is 78.4 Å². The van der Waals surface area contributed by atoms with Gasteiger partial charge >= 0.3 is 6.09 Å². The Labute approximate surface area is 312 Å². The quantitative estimate of drug-likeness (QED) is 0.150. The molecule has 10 nitrogen and oxygen atoms in total. The minimum atomic E-state index is -0.539. The van der Waals surface area contributed by atoms with Gasteiger partial charge in [-0.2, -0.15) is 0 Å². The number of rotatable bonds is 10. The molecule has 10 heteroatoms. The molecule has 7 rings (SSSR count). The topological polar surface area (TPSA) is 110 Å². The summed E-state index contributed by atoms with van der Waals surface area (Å²) in [6.45, 7) is 12.9. The highest BCUT2D eigenvalue weighted by Crippen LogP contribution is 2.37. The molecule has 0 radical (unpaired) electrons. The number of ether oxygens (including phenoxy) is 1. The lowest BCUT2D eigenvalue weighted by molar-refractivity contribution is -0.138. The summed E-state index contributed by atoms with van der Waals surface area (Å²) in [6.07, 6.45) is 7.05. The SMILES string of the molecule is CCN(CC)[C@@H](C(=O)N1CCC[C@H]1c1ncc(-c2ccc(-c3ccc(-c4cnc([C@@H]5CCCN5C(=O)OC(C)(C)C)[nH]4)cc3)cc2)[nH]1)c1ccccc1. The van der Waals surface area contributed by atoms with E-state index in [4.69, 9.17) is 9.72 Å². The van der Waals surface area contributed by atoms with Gasteiger partial charge in [-0.05, 0) is 87.4 Å². The van der Waals surface area contributed by atoms with Crippen molar-refractivity contribution in [1.29, 1.82) is 0 Å². The van der Waals surface area contributed by atoms with Crippen LogP contribution in [0, 0.1) is 0 Å². The molecule has 0 aliphatic carbocycles. The Morgan fingerprint density at radius 1 is 0.736 bits per heavy atom. The van der Waals surface area contributed by atoms with Crippen molar-refractivity contribution in [1.82, 2.24) is 34.6 Å². The van der Waals surface area contributed by atoms with Crippen LogP contribution < -0.4 is 0 Å². The molecule has 2 aromatic heterocycles. The van der Waals surface area contributed by atoms with Crippen molar-refractivity contribution in [3.05, 3.63) is 108 Å². The number of aromatic nitrogens is 4. The van der Waals surface area contributed by atoms with E-state index in [2.05, 4.69) is 94.4 Å². The fraction of sp³-hybridized carbons (Fsp3) is 0.395. The number of hydrogen-bond donors (Lipinski definition) is 2. The predicted molar refractivity (Wildman–Crippen MR) is 208 cm³/mol. The number of aromatic amines is 2. The molecule has 2 amide bonds. The third kappa shape index (κ3) is 7.78.